The zero-order valence-electron chi connectivity index (χ0n) is 21.4. The fourth-order valence-electron chi connectivity index (χ4n) is 8.15. The highest BCUT2D eigenvalue weighted by atomic mass is 16.6. The number of esters is 1. The first-order valence-electron chi connectivity index (χ1n) is 13.0. The number of hydrogen-bond donors (Lipinski definition) is 0. The van der Waals surface area contributed by atoms with Crippen LogP contribution in [0.2, 0.25) is 0 Å². The first-order chi connectivity index (χ1) is 15.9. The number of Topliss-reactive ketones (excluding diaryl/α,β-unsaturated/α-hetero) is 1. The minimum absolute atomic E-state index is 0.0257. The van der Waals surface area contributed by atoms with E-state index in [0.717, 1.165) is 61.7 Å². The van der Waals surface area contributed by atoms with Crippen molar-refractivity contribution in [3.63, 3.8) is 0 Å². The van der Waals surface area contributed by atoms with Crippen LogP contribution in [-0.2, 0) is 19.1 Å². The monoisotopic (exact) mass is 464 g/mol. The second-order valence-electron chi connectivity index (χ2n) is 11.6. The van der Waals surface area contributed by atoms with E-state index in [2.05, 4.69) is 40.5 Å². The highest BCUT2D eigenvalue weighted by Crippen LogP contribution is 2.69. The predicted molar refractivity (Wildman–Crippen MR) is 134 cm³/mol. The molecule has 6 atom stereocenters. The molecular formula is C30H40O4. The van der Waals surface area contributed by atoms with Crippen LogP contribution in [0.3, 0.4) is 0 Å². The Morgan fingerprint density at radius 3 is 2.41 bits per heavy atom. The van der Waals surface area contributed by atoms with Crippen molar-refractivity contribution >= 4 is 17.5 Å². The van der Waals surface area contributed by atoms with E-state index in [9.17, 15) is 14.4 Å². The molecule has 0 spiro atoms. The first kappa shape index (κ1) is 24.9. The maximum Gasteiger partial charge on any atom is 0.306 e. The average Bonchev–Trinajstić information content (AvgIpc) is 3.08. The van der Waals surface area contributed by atoms with Gasteiger partial charge in [-0.15, -0.1) is 0 Å². The first-order valence-corrected chi connectivity index (χ1v) is 13.0. The summed E-state index contributed by atoms with van der Waals surface area (Å²) in [5, 5.41) is 0. The number of fused-ring (bicyclic) bond motifs is 5. The van der Waals surface area contributed by atoms with Gasteiger partial charge in [0.1, 0.15) is 0 Å². The van der Waals surface area contributed by atoms with E-state index in [0.29, 0.717) is 30.3 Å². The molecule has 0 heterocycles. The van der Waals surface area contributed by atoms with Crippen molar-refractivity contribution in [3.05, 3.63) is 48.1 Å². The number of unbranched alkanes of at least 4 members (excludes halogenated alkanes) is 2. The number of allylic oxidation sites excluding steroid dienone is 4. The molecule has 3 saturated carbocycles. The maximum absolute atomic E-state index is 13.2. The Balaban J connectivity index is 1.69. The number of ether oxygens (including phenoxy) is 1. The van der Waals surface area contributed by atoms with Crippen molar-refractivity contribution in [1.82, 2.24) is 0 Å². The standard InChI is InChI=1S/C30H40O4/c1-8-9-10-11-27(33)34-30(21(5)31)15-13-23-22-16-18(2)25-17-26(32)19(3)20(4)29(25,7)24(22)12-14-28(23,30)6/h17,22-24H,2-4,8-16H2,1,5-7H3/t22-,23-,24-,28-,29+,30-/m0/s1. The Labute approximate surface area is 204 Å². The summed E-state index contributed by atoms with van der Waals surface area (Å²) in [6, 6.07) is 0. The fourth-order valence-corrected chi connectivity index (χ4v) is 8.15. The zero-order chi connectivity index (χ0) is 25.1. The van der Waals surface area contributed by atoms with Crippen LogP contribution in [0.4, 0.5) is 0 Å². The Bertz CT molecular complexity index is 1010. The van der Waals surface area contributed by atoms with Gasteiger partial charge in [-0.1, -0.05) is 58.9 Å². The third-order valence-electron chi connectivity index (χ3n) is 10.1. The molecule has 0 aromatic heterocycles. The molecule has 0 aliphatic heterocycles. The molecule has 0 unspecified atom stereocenters. The summed E-state index contributed by atoms with van der Waals surface area (Å²) in [7, 11) is 0. The molecule has 0 amide bonds. The summed E-state index contributed by atoms with van der Waals surface area (Å²) < 4.78 is 6.17. The van der Waals surface area contributed by atoms with Crippen molar-refractivity contribution in [2.24, 2.45) is 28.6 Å². The lowest BCUT2D eigenvalue weighted by atomic mass is 9.44. The molecule has 0 radical (unpaired) electrons. The third-order valence-corrected chi connectivity index (χ3v) is 10.1. The lowest BCUT2D eigenvalue weighted by Crippen LogP contribution is -2.59. The summed E-state index contributed by atoms with van der Waals surface area (Å²) in [6.07, 6.45) is 8.87. The molecule has 4 rings (SSSR count). The molecule has 0 aromatic carbocycles. The van der Waals surface area contributed by atoms with E-state index in [1.807, 2.05) is 0 Å². The van der Waals surface area contributed by atoms with Crippen molar-refractivity contribution in [2.75, 3.05) is 0 Å². The van der Waals surface area contributed by atoms with Crippen LogP contribution in [0.5, 0.6) is 0 Å². The normalized spacial score (nSPS) is 39.2. The minimum atomic E-state index is -1.05. The molecule has 4 aliphatic rings. The van der Waals surface area contributed by atoms with Gasteiger partial charge in [0, 0.05) is 22.8 Å². The van der Waals surface area contributed by atoms with Gasteiger partial charge in [-0.05, 0) is 80.4 Å². The third kappa shape index (κ3) is 3.27. The van der Waals surface area contributed by atoms with Gasteiger partial charge in [0.25, 0.3) is 0 Å². The molecule has 4 nitrogen and oxygen atoms in total. The van der Waals surface area contributed by atoms with Crippen LogP contribution in [0.15, 0.2) is 48.1 Å². The van der Waals surface area contributed by atoms with E-state index < -0.39 is 11.0 Å². The molecular weight excluding hydrogens is 424 g/mol. The van der Waals surface area contributed by atoms with Gasteiger partial charge in [-0.2, -0.15) is 0 Å². The smallest absolute Gasteiger partial charge is 0.306 e. The van der Waals surface area contributed by atoms with E-state index in [-0.39, 0.29) is 28.9 Å². The molecule has 184 valence electrons. The van der Waals surface area contributed by atoms with Gasteiger partial charge >= 0.3 is 5.97 Å². The number of carbonyl (C=O) groups excluding carboxylic acids is 3. The number of hydrogen-bond acceptors (Lipinski definition) is 4. The van der Waals surface area contributed by atoms with Gasteiger partial charge in [-0.25, -0.2) is 0 Å². The Morgan fingerprint density at radius 2 is 1.76 bits per heavy atom. The van der Waals surface area contributed by atoms with Crippen molar-refractivity contribution in [3.8, 4) is 0 Å². The van der Waals surface area contributed by atoms with Gasteiger partial charge in [-0.3, -0.25) is 14.4 Å². The number of carbonyl (C=O) groups is 3. The molecule has 4 aliphatic carbocycles. The summed E-state index contributed by atoms with van der Waals surface area (Å²) >= 11 is 0. The largest absolute Gasteiger partial charge is 0.450 e. The van der Waals surface area contributed by atoms with Gasteiger partial charge in [0.2, 0.25) is 0 Å². The molecule has 4 heteroatoms. The Morgan fingerprint density at radius 1 is 1.09 bits per heavy atom. The molecule has 0 aromatic rings. The quantitative estimate of drug-likeness (QED) is 0.257. The van der Waals surface area contributed by atoms with Crippen LogP contribution < -0.4 is 0 Å². The molecule has 0 N–H and O–H groups in total. The highest BCUT2D eigenvalue weighted by Gasteiger charge is 2.68. The second kappa shape index (κ2) is 8.46. The van der Waals surface area contributed by atoms with E-state index in [4.69, 9.17) is 4.74 Å². The average molecular weight is 465 g/mol. The van der Waals surface area contributed by atoms with Crippen LogP contribution in [-0.4, -0.2) is 23.1 Å². The minimum Gasteiger partial charge on any atom is -0.450 e. The SMILES string of the molecule is C=C1C[C@@H]2[C@H](CC[C@@]3(C)[C@H]2CC[C@]3(OC(=O)CCCCC)C(C)=O)[C@@]2(C)C(=C)C(=C)C(=O)C=C12. The van der Waals surface area contributed by atoms with E-state index in [1.54, 1.807) is 13.0 Å². The lowest BCUT2D eigenvalue weighted by molar-refractivity contribution is -0.188. The Hall–Kier alpha value is -2.23. The number of rotatable bonds is 6. The number of ketones is 2. The van der Waals surface area contributed by atoms with Gasteiger partial charge in [0.05, 0.1) is 0 Å². The van der Waals surface area contributed by atoms with E-state index >= 15 is 0 Å². The van der Waals surface area contributed by atoms with Gasteiger partial charge in [0.15, 0.2) is 17.2 Å². The molecule has 0 bridgehead atoms. The van der Waals surface area contributed by atoms with Crippen molar-refractivity contribution in [1.29, 1.82) is 0 Å². The maximum atomic E-state index is 13.2. The topological polar surface area (TPSA) is 60.4 Å². The van der Waals surface area contributed by atoms with Crippen LogP contribution in [0.1, 0.15) is 85.5 Å². The fraction of sp³-hybridized carbons (Fsp3) is 0.633. The van der Waals surface area contributed by atoms with Gasteiger partial charge < -0.3 is 4.74 Å². The summed E-state index contributed by atoms with van der Waals surface area (Å²) in [6.45, 7) is 20.8. The van der Waals surface area contributed by atoms with E-state index in [1.165, 1.54) is 0 Å². The lowest BCUT2D eigenvalue weighted by Gasteiger charge is -2.60. The molecule has 0 saturated heterocycles. The van der Waals surface area contributed by atoms with Crippen LogP contribution >= 0.6 is 0 Å². The highest BCUT2D eigenvalue weighted by molar-refractivity contribution is 6.10. The summed E-state index contributed by atoms with van der Waals surface area (Å²) in [4.78, 5) is 38.5. The predicted octanol–water partition coefficient (Wildman–Crippen LogP) is 6.47. The van der Waals surface area contributed by atoms with Crippen molar-refractivity contribution < 1.29 is 19.1 Å². The summed E-state index contributed by atoms with van der Waals surface area (Å²) in [5.74, 6) is 0.501. The van der Waals surface area contributed by atoms with Crippen molar-refractivity contribution in [2.45, 2.75) is 91.1 Å². The second-order valence-corrected chi connectivity index (χ2v) is 11.6. The Kier molecular flexibility index (Phi) is 6.19. The molecule has 34 heavy (non-hydrogen) atoms. The van der Waals surface area contributed by atoms with Crippen LogP contribution in [0, 0.1) is 28.6 Å². The zero-order valence-corrected chi connectivity index (χ0v) is 21.4. The summed E-state index contributed by atoms with van der Waals surface area (Å²) in [5.41, 5.74) is 1.50. The molecule has 3 fully saturated rings. The van der Waals surface area contributed by atoms with Crippen LogP contribution in [0.25, 0.3) is 0 Å².